The zero-order valence-electron chi connectivity index (χ0n) is 13.4. The van der Waals surface area contributed by atoms with E-state index in [0.29, 0.717) is 5.92 Å². The first-order valence-corrected chi connectivity index (χ1v) is 7.89. The monoisotopic (exact) mass is 300 g/mol. The van der Waals surface area contributed by atoms with Crippen molar-refractivity contribution in [3.05, 3.63) is 35.9 Å². The van der Waals surface area contributed by atoms with Crippen LogP contribution in [0.3, 0.4) is 0 Å². The fourth-order valence-corrected chi connectivity index (χ4v) is 3.09. The second-order valence-electron chi connectivity index (χ2n) is 6.32. The number of H-pyrrole nitrogens is 1. The number of likely N-dealkylation sites (tertiary alicyclic amines) is 1. The van der Waals surface area contributed by atoms with Gasteiger partial charge in [0.2, 0.25) is 5.95 Å². The van der Waals surface area contributed by atoms with Crippen molar-refractivity contribution in [1.82, 2.24) is 25.1 Å². The van der Waals surface area contributed by atoms with Gasteiger partial charge in [0.1, 0.15) is 0 Å². The molecule has 6 nitrogen and oxygen atoms in total. The molecular weight excluding hydrogens is 276 g/mol. The number of nitrogens with one attached hydrogen (secondary N) is 1. The van der Waals surface area contributed by atoms with Gasteiger partial charge >= 0.3 is 0 Å². The van der Waals surface area contributed by atoms with Gasteiger partial charge in [-0.3, -0.25) is 10.00 Å². The molecule has 2 aromatic heterocycles. The van der Waals surface area contributed by atoms with E-state index in [2.05, 4.69) is 31.1 Å². The fourth-order valence-electron chi connectivity index (χ4n) is 3.09. The molecule has 1 atom stereocenters. The van der Waals surface area contributed by atoms with Crippen molar-refractivity contribution in [2.45, 2.75) is 25.8 Å². The number of hydrogen-bond donors (Lipinski definition) is 1. The Hall–Kier alpha value is -1.95. The predicted octanol–water partition coefficient (Wildman–Crippen LogP) is 1.72. The van der Waals surface area contributed by atoms with Gasteiger partial charge in [-0.15, -0.1) is 0 Å². The summed E-state index contributed by atoms with van der Waals surface area (Å²) in [4.78, 5) is 13.2. The molecule has 0 saturated carbocycles. The first kappa shape index (κ1) is 15.0. The molecule has 22 heavy (non-hydrogen) atoms. The maximum absolute atomic E-state index is 4.40. The molecule has 0 bridgehead atoms. The fraction of sp³-hybridized carbons (Fsp3) is 0.562. The SMILES string of the molecule is CN(C)c1ncc(CN2CCCC(Cc3ccn[nH]3)C2)cn1. The lowest BCUT2D eigenvalue weighted by molar-refractivity contribution is 0.166. The van der Waals surface area contributed by atoms with Gasteiger partial charge in [-0.05, 0) is 37.8 Å². The van der Waals surface area contributed by atoms with E-state index in [1.54, 1.807) is 0 Å². The van der Waals surface area contributed by atoms with E-state index in [9.17, 15) is 0 Å². The molecule has 1 fully saturated rings. The summed E-state index contributed by atoms with van der Waals surface area (Å²) in [7, 11) is 3.92. The Bertz CT molecular complexity index is 563. The van der Waals surface area contributed by atoms with Gasteiger partial charge in [0.15, 0.2) is 0 Å². The van der Waals surface area contributed by atoms with Crippen molar-refractivity contribution in [3.63, 3.8) is 0 Å². The Morgan fingerprint density at radius 1 is 1.32 bits per heavy atom. The quantitative estimate of drug-likeness (QED) is 0.911. The molecule has 3 heterocycles. The molecule has 118 valence electrons. The Kier molecular flexibility index (Phi) is 4.68. The molecule has 0 aliphatic carbocycles. The minimum Gasteiger partial charge on any atom is -0.347 e. The van der Waals surface area contributed by atoms with E-state index in [1.807, 2.05) is 37.6 Å². The third-order valence-electron chi connectivity index (χ3n) is 4.17. The number of nitrogens with zero attached hydrogens (tertiary/aromatic N) is 5. The number of aromatic nitrogens is 4. The topological polar surface area (TPSA) is 60.9 Å². The largest absolute Gasteiger partial charge is 0.347 e. The number of rotatable bonds is 5. The summed E-state index contributed by atoms with van der Waals surface area (Å²) in [5, 5.41) is 7.11. The van der Waals surface area contributed by atoms with Crippen molar-refractivity contribution in [3.8, 4) is 0 Å². The Labute approximate surface area is 131 Å². The van der Waals surface area contributed by atoms with Crippen LogP contribution in [-0.4, -0.2) is 52.3 Å². The minimum absolute atomic E-state index is 0.705. The minimum atomic E-state index is 0.705. The van der Waals surface area contributed by atoms with Gasteiger partial charge < -0.3 is 4.90 Å². The molecule has 0 radical (unpaired) electrons. The average molecular weight is 300 g/mol. The van der Waals surface area contributed by atoms with Crippen molar-refractivity contribution < 1.29 is 0 Å². The highest BCUT2D eigenvalue weighted by atomic mass is 15.2. The van der Waals surface area contributed by atoms with Gasteiger partial charge in [0.25, 0.3) is 0 Å². The second kappa shape index (κ2) is 6.87. The van der Waals surface area contributed by atoms with E-state index in [1.165, 1.54) is 24.1 Å². The first-order valence-electron chi connectivity index (χ1n) is 7.89. The molecule has 6 heteroatoms. The van der Waals surface area contributed by atoms with E-state index >= 15 is 0 Å². The average Bonchev–Trinajstić information content (AvgIpc) is 3.01. The molecule has 1 aliphatic rings. The predicted molar refractivity (Wildman–Crippen MR) is 86.7 cm³/mol. The summed E-state index contributed by atoms with van der Waals surface area (Å²) >= 11 is 0. The van der Waals surface area contributed by atoms with Crippen LogP contribution < -0.4 is 4.90 Å². The maximum atomic E-state index is 4.40. The molecule has 0 spiro atoms. The number of anilines is 1. The Morgan fingerprint density at radius 3 is 2.82 bits per heavy atom. The van der Waals surface area contributed by atoms with E-state index in [4.69, 9.17) is 0 Å². The zero-order valence-corrected chi connectivity index (χ0v) is 13.4. The van der Waals surface area contributed by atoms with E-state index < -0.39 is 0 Å². The van der Waals surface area contributed by atoms with Crippen molar-refractivity contribution in [2.24, 2.45) is 5.92 Å². The van der Waals surface area contributed by atoms with Crippen LogP contribution >= 0.6 is 0 Å². The molecular formula is C16H24N6. The van der Waals surface area contributed by atoms with E-state index in [0.717, 1.165) is 32.0 Å². The van der Waals surface area contributed by atoms with Crippen LogP contribution in [0.15, 0.2) is 24.7 Å². The number of aromatic amines is 1. The molecule has 1 saturated heterocycles. The van der Waals surface area contributed by atoms with Crippen LogP contribution in [0.2, 0.25) is 0 Å². The summed E-state index contributed by atoms with van der Waals surface area (Å²) in [6, 6.07) is 2.08. The van der Waals surface area contributed by atoms with Crippen molar-refractivity contribution in [1.29, 1.82) is 0 Å². The summed E-state index contributed by atoms with van der Waals surface area (Å²) in [6.45, 7) is 3.23. The van der Waals surface area contributed by atoms with Gasteiger partial charge in [-0.1, -0.05) is 0 Å². The summed E-state index contributed by atoms with van der Waals surface area (Å²) in [5.74, 6) is 1.47. The lowest BCUT2D eigenvalue weighted by Crippen LogP contribution is -2.35. The summed E-state index contributed by atoms with van der Waals surface area (Å²) in [5.41, 5.74) is 2.43. The highest BCUT2D eigenvalue weighted by molar-refractivity contribution is 5.26. The van der Waals surface area contributed by atoms with Crippen LogP contribution in [-0.2, 0) is 13.0 Å². The molecule has 3 rings (SSSR count). The second-order valence-corrected chi connectivity index (χ2v) is 6.32. The third kappa shape index (κ3) is 3.82. The lowest BCUT2D eigenvalue weighted by Gasteiger charge is -2.32. The third-order valence-corrected chi connectivity index (χ3v) is 4.17. The highest BCUT2D eigenvalue weighted by Gasteiger charge is 2.20. The normalized spacial score (nSPS) is 19.3. The van der Waals surface area contributed by atoms with Gasteiger partial charge in [-0.25, -0.2) is 9.97 Å². The molecule has 0 amide bonds. The van der Waals surface area contributed by atoms with E-state index in [-0.39, 0.29) is 0 Å². The molecule has 1 unspecified atom stereocenters. The smallest absolute Gasteiger partial charge is 0.224 e. The van der Waals surface area contributed by atoms with Gasteiger partial charge in [-0.2, -0.15) is 5.10 Å². The van der Waals surface area contributed by atoms with Crippen LogP contribution in [0.4, 0.5) is 5.95 Å². The van der Waals surface area contributed by atoms with Crippen LogP contribution in [0.25, 0.3) is 0 Å². The zero-order chi connectivity index (χ0) is 15.4. The number of hydrogen-bond acceptors (Lipinski definition) is 5. The molecule has 2 aromatic rings. The number of piperidine rings is 1. The molecule has 1 N–H and O–H groups in total. The standard InChI is InChI=1S/C16H24N6/c1-21(2)16-17-9-14(10-18-16)12-22-7-3-4-13(11-22)8-15-5-6-19-20-15/h5-6,9-10,13H,3-4,7-8,11-12H2,1-2H3,(H,19,20). The summed E-state index contributed by atoms with van der Waals surface area (Å²) in [6.07, 6.45) is 9.37. The van der Waals surface area contributed by atoms with Gasteiger partial charge in [0, 0.05) is 57.0 Å². The highest BCUT2D eigenvalue weighted by Crippen LogP contribution is 2.21. The molecule has 0 aromatic carbocycles. The summed E-state index contributed by atoms with van der Waals surface area (Å²) < 4.78 is 0. The van der Waals surface area contributed by atoms with Crippen LogP contribution in [0, 0.1) is 5.92 Å². The Balaban J connectivity index is 1.55. The van der Waals surface area contributed by atoms with Crippen molar-refractivity contribution >= 4 is 5.95 Å². The lowest BCUT2D eigenvalue weighted by atomic mass is 9.93. The van der Waals surface area contributed by atoms with Crippen LogP contribution in [0.5, 0.6) is 0 Å². The first-order chi connectivity index (χ1) is 10.7. The Morgan fingerprint density at radius 2 is 2.14 bits per heavy atom. The maximum Gasteiger partial charge on any atom is 0.224 e. The van der Waals surface area contributed by atoms with Crippen molar-refractivity contribution in [2.75, 3.05) is 32.1 Å². The van der Waals surface area contributed by atoms with Crippen LogP contribution in [0.1, 0.15) is 24.1 Å². The van der Waals surface area contributed by atoms with Gasteiger partial charge in [0.05, 0.1) is 0 Å². The molecule has 1 aliphatic heterocycles.